The Morgan fingerprint density at radius 2 is 1.96 bits per heavy atom. The third-order valence-corrected chi connectivity index (χ3v) is 8.43. The lowest BCUT2D eigenvalue weighted by Crippen LogP contribution is -2.62. The Bertz CT molecular complexity index is 756. The normalized spacial score (nSPS) is 49.1. The first-order valence-electron chi connectivity index (χ1n) is 9.91. The lowest BCUT2D eigenvalue weighted by Gasteiger charge is -2.58. The van der Waals surface area contributed by atoms with Gasteiger partial charge in [-0.05, 0) is 49.2 Å². The molecule has 148 valence electrons. The van der Waals surface area contributed by atoms with Crippen molar-refractivity contribution in [3.05, 3.63) is 11.6 Å². The van der Waals surface area contributed by atoms with Crippen molar-refractivity contribution >= 4 is 17.3 Å². The summed E-state index contributed by atoms with van der Waals surface area (Å²) in [5.74, 6) is -1.14. The first-order chi connectivity index (χ1) is 12.6. The number of ketones is 3. The van der Waals surface area contributed by atoms with Crippen molar-refractivity contribution in [3.63, 3.8) is 0 Å². The number of fused-ring (bicyclic) bond motifs is 5. The molecular formula is C21H28O6. The van der Waals surface area contributed by atoms with E-state index in [1.54, 1.807) is 6.92 Å². The summed E-state index contributed by atoms with van der Waals surface area (Å²) in [6.07, 6.45) is 2.96. The molecule has 6 nitrogen and oxygen atoms in total. The zero-order valence-electron chi connectivity index (χ0n) is 15.9. The fraction of sp³-hybridized carbons (Fsp3) is 0.762. The molecule has 3 fully saturated rings. The van der Waals surface area contributed by atoms with Gasteiger partial charge in [-0.25, -0.2) is 0 Å². The average Bonchev–Trinajstić information content (AvgIpc) is 2.87. The number of aliphatic hydroxyl groups is 3. The molecule has 4 aliphatic rings. The second-order valence-corrected chi connectivity index (χ2v) is 9.52. The Labute approximate surface area is 158 Å². The smallest absolute Gasteiger partial charge is 0.190 e. The molecule has 27 heavy (non-hydrogen) atoms. The fourth-order valence-electron chi connectivity index (χ4n) is 7.03. The van der Waals surface area contributed by atoms with E-state index in [4.69, 9.17) is 0 Å². The first-order valence-corrected chi connectivity index (χ1v) is 9.91. The SMILES string of the molecule is CC12CCC(=O)C=C1C(O)CC1C2C(=O)CC2(C)C1CC[C@]2(O)C(=O)CO. The van der Waals surface area contributed by atoms with Crippen LogP contribution < -0.4 is 0 Å². The van der Waals surface area contributed by atoms with E-state index in [2.05, 4.69) is 0 Å². The molecule has 0 amide bonds. The van der Waals surface area contributed by atoms with Gasteiger partial charge in [-0.1, -0.05) is 13.8 Å². The maximum absolute atomic E-state index is 13.3. The number of rotatable bonds is 2. The van der Waals surface area contributed by atoms with E-state index in [1.807, 2.05) is 6.92 Å². The molecule has 0 radical (unpaired) electrons. The Balaban J connectivity index is 1.78. The molecule has 6 unspecified atom stereocenters. The quantitative estimate of drug-likeness (QED) is 0.662. The highest BCUT2D eigenvalue weighted by atomic mass is 16.3. The number of hydrogen-bond acceptors (Lipinski definition) is 6. The van der Waals surface area contributed by atoms with E-state index >= 15 is 0 Å². The van der Waals surface area contributed by atoms with Gasteiger partial charge in [-0.15, -0.1) is 0 Å². The van der Waals surface area contributed by atoms with Gasteiger partial charge in [0.2, 0.25) is 0 Å². The lowest BCUT2D eigenvalue weighted by atomic mass is 9.45. The summed E-state index contributed by atoms with van der Waals surface area (Å²) >= 11 is 0. The van der Waals surface area contributed by atoms with Crippen molar-refractivity contribution in [1.82, 2.24) is 0 Å². The van der Waals surface area contributed by atoms with Crippen molar-refractivity contribution in [2.24, 2.45) is 28.6 Å². The molecule has 7 atom stereocenters. The van der Waals surface area contributed by atoms with E-state index in [0.29, 0.717) is 31.3 Å². The molecule has 0 saturated heterocycles. The second-order valence-electron chi connectivity index (χ2n) is 9.52. The maximum Gasteiger partial charge on any atom is 0.190 e. The molecule has 3 N–H and O–H groups in total. The summed E-state index contributed by atoms with van der Waals surface area (Å²) in [6.45, 7) is 3.03. The average molecular weight is 376 g/mol. The molecule has 0 aromatic carbocycles. The number of Topliss-reactive ketones (excluding diaryl/α,β-unsaturated/α-hetero) is 2. The minimum atomic E-state index is -1.70. The predicted octanol–water partition coefficient (Wildman–Crippen LogP) is 0.961. The van der Waals surface area contributed by atoms with Crippen LogP contribution in [0.5, 0.6) is 0 Å². The van der Waals surface area contributed by atoms with Crippen LogP contribution in [-0.4, -0.2) is 51.0 Å². The third kappa shape index (κ3) is 2.26. The van der Waals surface area contributed by atoms with Gasteiger partial charge in [0, 0.05) is 29.6 Å². The van der Waals surface area contributed by atoms with Crippen molar-refractivity contribution in [2.75, 3.05) is 6.61 Å². The summed E-state index contributed by atoms with van der Waals surface area (Å²) in [7, 11) is 0. The summed E-state index contributed by atoms with van der Waals surface area (Å²) in [6, 6.07) is 0. The highest BCUT2D eigenvalue weighted by Crippen LogP contribution is 2.66. The van der Waals surface area contributed by atoms with Crippen molar-refractivity contribution in [1.29, 1.82) is 0 Å². The molecule has 0 bridgehead atoms. The van der Waals surface area contributed by atoms with Crippen LogP contribution in [0.15, 0.2) is 11.6 Å². The fourth-order valence-corrected chi connectivity index (χ4v) is 7.03. The monoisotopic (exact) mass is 376 g/mol. The van der Waals surface area contributed by atoms with Crippen molar-refractivity contribution in [3.8, 4) is 0 Å². The van der Waals surface area contributed by atoms with Crippen LogP contribution >= 0.6 is 0 Å². The van der Waals surface area contributed by atoms with Gasteiger partial charge in [0.1, 0.15) is 18.0 Å². The second kappa shape index (κ2) is 5.82. The maximum atomic E-state index is 13.3. The molecule has 3 saturated carbocycles. The number of hydrogen-bond donors (Lipinski definition) is 3. The molecule has 0 heterocycles. The zero-order valence-corrected chi connectivity index (χ0v) is 15.9. The van der Waals surface area contributed by atoms with E-state index in [0.717, 1.165) is 0 Å². The molecule has 0 spiro atoms. The molecule has 0 aromatic rings. The zero-order chi connectivity index (χ0) is 19.8. The van der Waals surface area contributed by atoms with Crippen LogP contribution in [0.1, 0.15) is 52.4 Å². The lowest BCUT2D eigenvalue weighted by molar-refractivity contribution is -0.172. The molecular weight excluding hydrogens is 348 g/mol. The van der Waals surface area contributed by atoms with Gasteiger partial charge in [0.15, 0.2) is 11.6 Å². The van der Waals surface area contributed by atoms with Crippen molar-refractivity contribution in [2.45, 2.75) is 64.1 Å². The highest BCUT2D eigenvalue weighted by Gasteiger charge is 2.69. The Hall–Kier alpha value is -1.37. The van der Waals surface area contributed by atoms with Gasteiger partial charge in [0.05, 0.1) is 6.10 Å². The first kappa shape index (κ1) is 19.0. The van der Waals surface area contributed by atoms with Gasteiger partial charge in [-0.2, -0.15) is 0 Å². The Morgan fingerprint density at radius 1 is 1.26 bits per heavy atom. The number of carbonyl (C=O) groups excluding carboxylic acids is 3. The van der Waals surface area contributed by atoms with E-state index in [9.17, 15) is 29.7 Å². The molecule has 0 aromatic heterocycles. The summed E-state index contributed by atoms with van der Waals surface area (Å²) in [5, 5.41) is 31.3. The molecule has 4 rings (SSSR count). The predicted molar refractivity (Wildman–Crippen MR) is 95.5 cm³/mol. The summed E-state index contributed by atoms with van der Waals surface area (Å²) < 4.78 is 0. The van der Waals surface area contributed by atoms with Crippen molar-refractivity contribution < 1.29 is 29.7 Å². The highest BCUT2D eigenvalue weighted by molar-refractivity contribution is 5.94. The Morgan fingerprint density at radius 3 is 2.63 bits per heavy atom. The van der Waals surface area contributed by atoms with E-state index in [-0.39, 0.29) is 42.2 Å². The molecule has 6 heteroatoms. The number of carbonyl (C=O) groups is 3. The molecule has 0 aliphatic heterocycles. The van der Waals surface area contributed by atoms with E-state index < -0.39 is 34.9 Å². The van der Waals surface area contributed by atoms with E-state index in [1.165, 1.54) is 6.08 Å². The largest absolute Gasteiger partial charge is 0.389 e. The molecule has 4 aliphatic carbocycles. The van der Waals surface area contributed by atoms with Gasteiger partial charge in [-0.3, -0.25) is 14.4 Å². The van der Waals surface area contributed by atoms with Gasteiger partial charge < -0.3 is 15.3 Å². The van der Waals surface area contributed by atoms with Gasteiger partial charge >= 0.3 is 0 Å². The van der Waals surface area contributed by atoms with Gasteiger partial charge in [0.25, 0.3) is 0 Å². The topological polar surface area (TPSA) is 112 Å². The minimum Gasteiger partial charge on any atom is -0.389 e. The van der Waals surface area contributed by atoms with Crippen LogP contribution in [0, 0.1) is 28.6 Å². The summed E-state index contributed by atoms with van der Waals surface area (Å²) in [4.78, 5) is 37.6. The minimum absolute atomic E-state index is 0.000497. The number of aliphatic hydroxyl groups excluding tert-OH is 2. The third-order valence-electron chi connectivity index (χ3n) is 8.43. The Kier molecular flexibility index (Phi) is 4.09. The van der Waals surface area contributed by atoms with Crippen LogP contribution in [0.4, 0.5) is 0 Å². The van der Waals surface area contributed by atoms with Crippen LogP contribution in [0.3, 0.4) is 0 Å². The summed E-state index contributed by atoms with van der Waals surface area (Å²) in [5.41, 5.74) is -2.49. The van der Waals surface area contributed by atoms with Crippen LogP contribution in [0.2, 0.25) is 0 Å². The van der Waals surface area contributed by atoms with Crippen LogP contribution in [0.25, 0.3) is 0 Å². The van der Waals surface area contributed by atoms with Crippen LogP contribution in [-0.2, 0) is 14.4 Å². The standard InChI is InChI=1S/C21H28O6/c1-19-5-3-11(23)7-14(19)15(24)8-12-13-4-6-21(27,17(26)10-22)20(13,2)9-16(25)18(12)19/h7,12-13,15,18,22,24,27H,3-6,8-10H2,1-2H3/t12?,13?,15?,18?,19?,20?,21-/m0/s1.